The summed E-state index contributed by atoms with van der Waals surface area (Å²) in [5.74, 6) is -0.953. The van der Waals surface area contributed by atoms with Gasteiger partial charge >= 0.3 is 5.97 Å². The molecule has 0 saturated heterocycles. The number of carbonyl (C=O) groups is 2. The summed E-state index contributed by atoms with van der Waals surface area (Å²) < 4.78 is 6.74. The van der Waals surface area contributed by atoms with Gasteiger partial charge in [0.2, 0.25) is 0 Å². The number of rotatable bonds is 7. The molecule has 2 heterocycles. The maximum Gasteiger partial charge on any atom is 0.308 e. The number of anilines is 2. The van der Waals surface area contributed by atoms with E-state index in [9.17, 15) is 14.4 Å². The highest BCUT2D eigenvalue weighted by Crippen LogP contribution is 2.33. The van der Waals surface area contributed by atoms with Gasteiger partial charge in [-0.3, -0.25) is 19.0 Å². The molecule has 0 spiro atoms. The largest absolute Gasteiger partial charge is 0.452 e. The maximum absolute atomic E-state index is 13.0. The Bertz CT molecular complexity index is 1230. The summed E-state index contributed by atoms with van der Waals surface area (Å²) in [6, 6.07) is 7.36. The Morgan fingerprint density at radius 2 is 1.94 bits per heavy atom. The van der Waals surface area contributed by atoms with Crippen LogP contribution in [0.3, 0.4) is 0 Å². The number of amides is 1. The molecule has 174 valence electrons. The molecule has 0 aliphatic heterocycles. The number of carbonyl (C=O) groups excluding carboxylic acids is 2. The van der Waals surface area contributed by atoms with E-state index in [1.807, 2.05) is 31.1 Å². The van der Waals surface area contributed by atoms with Gasteiger partial charge in [-0.05, 0) is 62.4 Å². The summed E-state index contributed by atoms with van der Waals surface area (Å²) in [4.78, 5) is 46.1. The zero-order valence-electron chi connectivity index (χ0n) is 19.1. The molecule has 0 radical (unpaired) electrons. The van der Waals surface area contributed by atoms with E-state index in [1.54, 1.807) is 23.5 Å². The highest BCUT2D eigenvalue weighted by Gasteiger charge is 2.21. The van der Waals surface area contributed by atoms with Crippen molar-refractivity contribution in [3.8, 4) is 0 Å². The van der Waals surface area contributed by atoms with Gasteiger partial charge in [0.15, 0.2) is 6.10 Å². The molecule has 1 unspecified atom stereocenters. The predicted octanol–water partition coefficient (Wildman–Crippen LogP) is 3.36. The molecule has 8 nitrogen and oxygen atoms in total. The highest BCUT2D eigenvalue weighted by atomic mass is 32.1. The number of nitrogens with zero attached hydrogens (tertiary/aromatic N) is 3. The van der Waals surface area contributed by atoms with Crippen LogP contribution >= 0.6 is 11.3 Å². The van der Waals surface area contributed by atoms with Gasteiger partial charge in [-0.15, -0.1) is 11.3 Å². The highest BCUT2D eigenvalue weighted by molar-refractivity contribution is 7.18. The third-order valence-corrected chi connectivity index (χ3v) is 7.03. The molecule has 2 aromatic heterocycles. The molecule has 0 bridgehead atoms. The Labute approximate surface area is 196 Å². The molecule has 0 fully saturated rings. The molecule has 0 saturated carbocycles. The summed E-state index contributed by atoms with van der Waals surface area (Å²) in [5, 5.41) is 3.44. The number of hydrogen-bond donors (Lipinski definition) is 1. The Balaban J connectivity index is 1.34. The van der Waals surface area contributed by atoms with Crippen LogP contribution in [0.15, 0.2) is 35.4 Å². The van der Waals surface area contributed by atoms with Crippen LogP contribution in [0.2, 0.25) is 0 Å². The number of hydrogen-bond acceptors (Lipinski definition) is 7. The minimum Gasteiger partial charge on any atom is -0.452 e. The van der Waals surface area contributed by atoms with E-state index in [2.05, 4.69) is 10.3 Å². The fraction of sp³-hybridized carbons (Fsp3) is 0.417. The fourth-order valence-electron chi connectivity index (χ4n) is 3.95. The van der Waals surface area contributed by atoms with E-state index >= 15 is 0 Å². The standard InChI is InChI=1S/C24H28N4O4S/c1-15(22(30)26-16-8-10-17(11-9-16)27(2)3)32-20(29)12-13-28-14-25-23-21(24(28)31)18-6-4-5-7-19(18)33-23/h8-11,14-15H,4-7,12-13H2,1-3H3,(H,26,30). The first kappa shape index (κ1) is 23.0. The molecular formula is C24H28N4O4S. The first-order valence-electron chi connectivity index (χ1n) is 11.1. The first-order chi connectivity index (χ1) is 15.8. The predicted molar refractivity (Wildman–Crippen MR) is 130 cm³/mol. The lowest BCUT2D eigenvalue weighted by atomic mass is 9.97. The third kappa shape index (κ3) is 5.08. The summed E-state index contributed by atoms with van der Waals surface area (Å²) in [7, 11) is 3.87. The van der Waals surface area contributed by atoms with Crippen LogP contribution in [0.4, 0.5) is 11.4 Å². The second-order valence-electron chi connectivity index (χ2n) is 8.45. The molecule has 1 atom stereocenters. The second kappa shape index (κ2) is 9.74. The molecule has 4 rings (SSSR count). The van der Waals surface area contributed by atoms with E-state index in [1.165, 1.54) is 22.7 Å². The van der Waals surface area contributed by atoms with Crippen molar-refractivity contribution in [1.29, 1.82) is 0 Å². The zero-order chi connectivity index (χ0) is 23.5. The molecule has 1 N–H and O–H groups in total. The molecule has 1 aliphatic carbocycles. The molecule has 1 aromatic carbocycles. The zero-order valence-corrected chi connectivity index (χ0v) is 19.9. The number of ether oxygens (including phenoxy) is 1. The quantitative estimate of drug-likeness (QED) is 0.535. The summed E-state index contributed by atoms with van der Waals surface area (Å²) in [6.07, 6.45) is 4.66. The SMILES string of the molecule is CC(OC(=O)CCn1cnc2sc3c(c2c1=O)CCCC3)C(=O)Nc1ccc(N(C)C)cc1. The van der Waals surface area contributed by atoms with Crippen LogP contribution < -0.4 is 15.8 Å². The van der Waals surface area contributed by atoms with Gasteiger partial charge in [0.25, 0.3) is 11.5 Å². The van der Waals surface area contributed by atoms with Crippen LogP contribution in [0, 0.1) is 0 Å². The van der Waals surface area contributed by atoms with E-state index in [0.29, 0.717) is 11.1 Å². The minimum absolute atomic E-state index is 0.0193. The summed E-state index contributed by atoms with van der Waals surface area (Å²) in [6.45, 7) is 1.68. The van der Waals surface area contributed by atoms with Crippen molar-refractivity contribution in [2.45, 2.75) is 51.7 Å². The van der Waals surface area contributed by atoms with Crippen molar-refractivity contribution in [3.63, 3.8) is 0 Å². The Morgan fingerprint density at radius 3 is 2.67 bits per heavy atom. The number of aromatic nitrogens is 2. The second-order valence-corrected chi connectivity index (χ2v) is 9.53. The average Bonchev–Trinajstić information content (AvgIpc) is 3.18. The Kier molecular flexibility index (Phi) is 6.78. The van der Waals surface area contributed by atoms with Crippen molar-refractivity contribution in [2.24, 2.45) is 0 Å². The third-order valence-electron chi connectivity index (χ3n) is 5.83. The number of esters is 1. The van der Waals surface area contributed by atoms with Crippen LogP contribution in [0.25, 0.3) is 10.2 Å². The van der Waals surface area contributed by atoms with Gasteiger partial charge in [0.05, 0.1) is 18.1 Å². The molecule has 1 amide bonds. The fourth-order valence-corrected chi connectivity index (χ4v) is 5.17. The van der Waals surface area contributed by atoms with Crippen LogP contribution in [0.1, 0.15) is 36.6 Å². The van der Waals surface area contributed by atoms with E-state index in [-0.39, 0.29) is 18.5 Å². The molecule has 33 heavy (non-hydrogen) atoms. The van der Waals surface area contributed by atoms with Crippen molar-refractivity contribution in [1.82, 2.24) is 9.55 Å². The monoisotopic (exact) mass is 468 g/mol. The van der Waals surface area contributed by atoms with Gasteiger partial charge < -0.3 is 15.0 Å². The van der Waals surface area contributed by atoms with E-state index in [4.69, 9.17) is 4.74 Å². The Morgan fingerprint density at radius 1 is 1.21 bits per heavy atom. The van der Waals surface area contributed by atoms with Crippen LogP contribution in [-0.4, -0.2) is 41.6 Å². The molecule has 9 heteroatoms. The van der Waals surface area contributed by atoms with E-state index in [0.717, 1.165) is 41.8 Å². The maximum atomic E-state index is 13.0. The van der Waals surface area contributed by atoms with Gasteiger partial charge in [0.1, 0.15) is 4.83 Å². The number of aryl methyl sites for hydroxylation is 3. The van der Waals surface area contributed by atoms with Crippen LogP contribution in [-0.2, 0) is 33.7 Å². The smallest absolute Gasteiger partial charge is 0.308 e. The Hall–Kier alpha value is -3.20. The van der Waals surface area contributed by atoms with E-state index < -0.39 is 18.0 Å². The first-order valence-corrected chi connectivity index (χ1v) is 11.9. The van der Waals surface area contributed by atoms with Gasteiger partial charge in [-0.1, -0.05) is 0 Å². The number of thiophene rings is 1. The lowest BCUT2D eigenvalue weighted by Crippen LogP contribution is -2.30. The van der Waals surface area contributed by atoms with Gasteiger partial charge in [-0.2, -0.15) is 0 Å². The number of fused-ring (bicyclic) bond motifs is 3. The van der Waals surface area contributed by atoms with Crippen molar-refractivity contribution >= 4 is 44.8 Å². The topological polar surface area (TPSA) is 93.5 Å². The van der Waals surface area contributed by atoms with Crippen LogP contribution in [0.5, 0.6) is 0 Å². The minimum atomic E-state index is -0.952. The van der Waals surface area contributed by atoms with Gasteiger partial charge in [-0.25, -0.2) is 4.98 Å². The molecule has 3 aromatic rings. The molecule has 1 aliphatic rings. The normalized spacial score (nSPS) is 13.9. The lowest BCUT2D eigenvalue weighted by Gasteiger charge is -2.15. The van der Waals surface area contributed by atoms with Gasteiger partial charge in [0, 0.05) is 36.9 Å². The molecular weight excluding hydrogens is 440 g/mol. The van der Waals surface area contributed by atoms with Crippen molar-refractivity contribution in [2.75, 3.05) is 24.3 Å². The average molecular weight is 469 g/mol. The van der Waals surface area contributed by atoms with Crippen molar-refractivity contribution in [3.05, 3.63) is 51.4 Å². The summed E-state index contributed by atoms with van der Waals surface area (Å²) >= 11 is 1.60. The number of benzene rings is 1. The summed E-state index contributed by atoms with van der Waals surface area (Å²) in [5.41, 5.74) is 2.65. The van der Waals surface area contributed by atoms with Crippen molar-refractivity contribution < 1.29 is 14.3 Å². The lowest BCUT2D eigenvalue weighted by molar-refractivity contribution is -0.153. The number of nitrogens with one attached hydrogen (secondary N) is 1.